The van der Waals surface area contributed by atoms with Crippen molar-refractivity contribution in [2.24, 2.45) is 7.05 Å². The number of aromatic nitrogens is 3. The molecule has 0 saturated heterocycles. The van der Waals surface area contributed by atoms with Crippen LogP contribution in [0.5, 0.6) is 0 Å². The van der Waals surface area contributed by atoms with Crippen LogP contribution in [0.25, 0.3) is 32.2 Å². The van der Waals surface area contributed by atoms with Crippen LogP contribution < -0.4 is 5.32 Å². The number of rotatable bonds is 4. The third-order valence-electron chi connectivity index (χ3n) is 4.43. The highest BCUT2D eigenvalue weighted by Gasteiger charge is 2.17. The molecule has 8 heteroatoms. The van der Waals surface area contributed by atoms with Crippen LogP contribution in [-0.2, 0) is 7.05 Å². The Kier molecular flexibility index (Phi) is 4.07. The number of benzene rings is 1. The first kappa shape index (κ1) is 16.9. The molecule has 5 rings (SSSR count). The zero-order valence-corrected chi connectivity index (χ0v) is 16.4. The maximum Gasteiger partial charge on any atom is 0.277 e. The predicted octanol–water partition coefficient (Wildman–Crippen LogP) is 5.27. The molecule has 0 saturated carbocycles. The minimum atomic E-state index is -0.324. The van der Waals surface area contributed by atoms with Crippen molar-refractivity contribution in [1.29, 1.82) is 0 Å². The number of nitrogens with zero attached hydrogens (tertiary/aromatic N) is 3. The lowest BCUT2D eigenvalue weighted by atomic mass is 10.2. The molecular weight excluding hydrogens is 392 g/mol. The van der Waals surface area contributed by atoms with E-state index in [0.29, 0.717) is 17.3 Å². The van der Waals surface area contributed by atoms with Crippen LogP contribution in [0.3, 0.4) is 0 Å². The van der Waals surface area contributed by atoms with E-state index in [1.165, 1.54) is 11.3 Å². The van der Waals surface area contributed by atoms with E-state index in [1.54, 1.807) is 22.8 Å². The summed E-state index contributed by atoms with van der Waals surface area (Å²) in [7, 11) is 2.00. The van der Waals surface area contributed by atoms with E-state index in [1.807, 2.05) is 36.7 Å². The molecule has 4 heterocycles. The van der Waals surface area contributed by atoms with Crippen molar-refractivity contribution >= 4 is 45.4 Å². The number of hydrogen-bond donors (Lipinski definition) is 1. The number of thiophene rings is 1. The van der Waals surface area contributed by atoms with Gasteiger partial charge in [-0.15, -0.1) is 22.7 Å². The van der Waals surface area contributed by atoms with Gasteiger partial charge in [0.2, 0.25) is 5.88 Å². The molecule has 6 nitrogen and oxygen atoms in total. The second kappa shape index (κ2) is 6.74. The lowest BCUT2D eigenvalue weighted by Gasteiger charge is -2.00. The first-order valence-corrected chi connectivity index (χ1v) is 10.3. The van der Waals surface area contributed by atoms with Gasteiger partial charge in [0.25, 0.3) is 5.91 Å². The van der Waals surface area contributed by atoms with Gasteiger partial charge in [-0.1, -0.05) is 29.4 Å². The summed E-state index contributed by atoms with van der Waals surface area (Å²) in [5, 5.41) is 12.4. The van der Waals surface area contributed by atoms with Crippen LogP contribution in [-0.4, -0.2) is 20.6 Å². The van der Waals surface area contributed by atoms with Crippen molar-refractivity contribution < 1.29 is 9.32 Å². The van der Waals surface area contributed by atoms with Gasteiger partial charge in [-0.2, -0.15) is 0 Å². The third kappa shape index (κ3) is 2.92. The van der Waals surface area contributed by atoms with Crippen LogP contribution in [0.2, 0.25) is 0 Å². The Morgan fingerprint density at radius 1 is 1.14 bits per heavy atom. The molecule has 1 N–H and O–H groups in total. The Morgan fingerprint density at radius 2 is 2.04 bits per heavy atom. The summed E-state index contributed by atoms with van der Waals surface area (Å²) in [5.74, 6) is -0.0253. The maximum atomic E-state index is 12.6. The largest absolute Gasteiger partial charge is 0.342 e. The Hall–Kier alpha value is -3.23. The van der Waals surface area contributed by atoms with Gasteiger partial charge in [-0.3, -0.25) is 10.1 Å². The van der Waals surface area contributed by atoms with E-state index in [2.05, 4.69) is 38.2 Å². The molecule has 0 aliphatic rings. The minimum absolute atomic E-state index is 0.299. The smallest absolute Gasteiger partial charge is 0.277 e. The van der Waals surface area contributed by atoms with E-state index >= 15 is 0 Å². The molecule has 0 unspecified atom stereocenters. The zero-order chi connectivity index (χ0) is 19.1. The van der Waals surface area contributed by atoms with Gasteiger partial charge in [0, 0.05) is 29.4 Å². The molecule has 0 aliphatic carbocycles. The van der Waals surface area contributed by atoms with Crippen molar-refractivity contribution in [3.8, 4) is 21.3 Å². The molecule has 4 aromatic heterocycles. The van der Waals surface area contributed by atoms with Crippen molar-refractivity contribution in [2.75, 3.05) is 5.32 Å². The number of aryl methyl sites for hydroxylation is 1. The molecule has 1 aromatic carbocycles. The Bertz CT molecular complexity index is 1280. The first-order chi connectivity index (χ1) is 13.7. The summed E-state index contributed by atoms with van der Waals surface area (Å²) < 4.78 is 7.31. The zero-order valence-electron chi connectivity index (χ0n) is 14.7. The number of nitrogens with one attached hydrogen (secondary N) is 1. The van der Waals surface area contributed by atoms with Crippen molar-refractivity contribution in [1.82, 2.24) is 14.7 Å². The molecule has 0 fully saturated rings. The summed E-state index contributed by atoms with van der Waals surface area (Å²) in [4.78, 5) is 18.1. The third-order valence-corrected chi connectivity index (χ3v) is 6.19. The van der Waals surface area contributed by atoms with Gasteiger partial charge in [0.15, 0.2) is 0 Å². The summed E-state index contributed by atoms with van der Waals surface area (Å²) >= 11 is 3.00. The van der Waals surface area contributed by atoms with E-state index in [4.69, 9.17) is 4.52 Å². The van der Waals surface area contributed by atoms with Crippen LogP contribution in [0.1, 0.15) is 10.5 Å². The molecule has 0 atom stereocenters. The van der Waals surface area contributed by atoms with Gasteiger partial charge in [-0.25, -0.2) is 4.98 Å². The van der Waals surface area contributed by atoms with Crippen LogP contribution in [0.4, 0.5) is 5.88 Å². The first-order valence-electron chi connectivity index (χ1n) is 8.51. The molecule has 0 radical (unpaired) electrons. The Balaban J connectivity index is 1.38. The molecular formula is C20H14N4O2S2. The average Bonchev–Trinajstić information content (AvgIpc) is 3.49. The quantitative estimate of drug-likeness (QED) is 0.441. The highest BCUT2D eigenvalue weighted by atomic mass is 32.1. The summed E-state index contributed by atoms with van der Waals surface area (Å²) in [6.45, 7) is 0. The Morgan fingerprint density at radius 3 is 2.86 bits per heavy atom. The highest BCUT2D eigenvalue weighted by molar-refractivity contribution is 7.13. The fraction of sp³-hybridized carbons (Fsp3) is 0.0500. The number of anilines is 1. The lowest BCUT2D eigenvalue weighted by molar-refractivity contribution is 0.102. The highest BCUT2D eigenvalue weighted by Crippen LogP contribution is 2.30. The van der Waals surface area contributed by atoms with E-state index in [0.717, 1.165) is 26.5 Å². The molecule has 0 spiro atoms. The standard InChI is InChI=1S/C20H14N4O2S2/c1-24-15-6-3-2-5-12(15)9-16(24)20-21-14(11-28-20)19(25)22-18-10-13(23-26-18)17-7-4-8-27-17/h2-11H,1H3,(H,22,25). The second-order valence-corrected chi connectivity index (χ2v) is 8.00. The summed E-state index contributed by atoms with van der Waals surface area (Å²) in [6.07, 6.45) is 0. The molecule has 1 amide bonds. The Labute approximate surface area is 168 Å². The van der Waals surface area contributed by atoms with Crippen molar-refractivity contribution in [3.63, 3.8) is 0 Å². The topological polar surface area (TPSA) is 73.0 Å². The van der Waals surface area contributed by atoms with Gasteiger partial charge in [0.05, 0.1) is 10.6 Å². The number of para-hydroxylation sites is 1. The van der Waals surface area contributed by atoms with E-state index in [-0.39, 0.29) is 5.91 Å². The number of fused-ring (bicyclic) bond motifs is 1. The fourth-order valence-electron chi connectivity index (χ4n) is 3.04. The van der Waals surface area contributed by atoms with Gasteiger partial charge >= 0.3 is 0 Å². The van der Waals surface area contributed by atoms with E-state index in [9.17, 15) is 4.79 Å². The number of carbonyl (C=O) groups is 1. The minimum Gasteiger partial charge on any atom is -0.342 e. The number of carbonyl (C=O) groups excluding carboxylic acids is 1. The van der Waals surface area contributed by atoms with Gasteiger partial charge < -0.3 is 9.09 Å². The predicted molar refractivity (Wildman–Crippen MR) is 112 cm³/mol. The molecule has 5 aromatic rings. The normalized spacial score (nSPS) is 11.2. The number of amides is 1. The fourth-order valence-corrected chi connectivity index (χ4v) is 4.57. The van der Waals surface area contributed by atoms with Gasteiger partial charge in [0.1, 0.15) is 16.4 Å². The SMILES string of the molecule is Cn1c(-c2nc(C(=O)Nc3cc(-c4cccs4)no3)cs2)cc2ccccc21. The average molecular weight is 406 g/mol. The molecule has 28 heavy (non-hydrogen) atoms. The molecule has 0 bridgehead atoms. The maximum absolute atomic E-state index is 12.6. The van der Waals surface area contributed by atoms with Crippen LogP contribution in [0, 0.1) is 0 Å². The van der Waals surface area contributed by atoms with Crippen LogP contribution in [0.15, 0.2) is 63.8 Å². The number of thiazole rings is 1. The van der Waals surface area contributed by atoms with Crippen LogP contribution >= 0.6 is 22.7 Å². The summed E-state index contributed by atoms with van der Waals surface area (Å²) in [6, 6.07) is 15.8. The number of hydrogen-bond acceptors (Lipinski definition) is 6. The van der Waals surface area contributed by atoms with Crippen molar-refractivity contribution in [2.45, 2.75) is 0 Å². The van der Waals surface area contributed by atoms with E-state index < -0.39 is 0 Å². The lowest BCUT2D eigenvalue weighted by Crippen LogP contribution is -2.11. The van der Waals surface area contributed by atoms with Crippen molar-refractivity contribution in [3.05, 3.63) is 65.0 Å². The van der Waals surface area contributed by atoms with Gasteiger partial charge in [-0.05, 0) is 23.6 Å². The second-order valence-electron chi connectivity index (χ2n) is 6.19. The molecule has 138 valence electrons. The summed E-state index contributed by atoms with van der Waals surface area (Å²) in [5.41, 5.74) is 3.14. The monoisotopic (exact) mass is 406 g/mol. The molecule has 0 aliphatic heterocycles.